The predicted molar refractivity (Wildman–Crippen MR) is 99.7 cm³/mol. The van der Waals surface area contributed by atoms with Crippen LogP contribution in [0.2, 0.25) is 0 Å². The lowest BCUT2D eigenvalue weighted by atomic mass is 9.85. The third-order valence-corrected chi connectivity index (χ3v) is 5.85. The topological polar surface area (TPSA) is 85.0 Å². The summed E-state index contributed by atoms with van der Waals surface area (Å²) >= 11 is 0. The van der Waals surface area contributed by atoms with E-state index in [1.165, 1.54) is 12.8 Å². The summed E-state index contributed by atoms with van der Waals surface area (Å²) in [5.41, 5.74) is 1.59. The first kappa shape index (κ1) is 17.8. The molecule has 1 aliphatic heterocycles. The number of nitrogens with zero attached hydrogens (tertiary/aromatic N) is 5. The molecule has 27 heavy (non-hydrogen) atoms. The van der Waals surface area contributed by atoms with E-state index in [0.29, 0.717) is 30.5 Å². The van der Waals surface area contributed by atoms with Crippen LogP contribution in [0.3, 0.4) is 0 Å². The van der Waals surface area contributed by atoms with Gasteiger partial charge in [0.05, 0.1) is 36.1 Å². The van der Waals surface area contributed by atoms with Gasteiger partial charge < -0.3 is 10.2 Å². The molecule has 144 valence electrons. The van der Waals surface area contributed by atoms with Gasteiger partial charge in [-0.05, 0) is 32.1 Å². The third-order valence-electron chi connectivity index (χ3n) is 5.85. The molecule has 3 heterocycles. The van der Waals surface area contributed by atoms with Crippen LogP contribution in [0.1, 0.15) is 50.3 Å². The zero-order valence-electron chi connectivity index (χ0n) is 16.0. The number of hydrogen-bond acceptors (Lipinski definition) is 4. The summed E-state index contributed by atoms with van der Waals surface area (Å²) in [5, 5.41) is 11.6. The largest absolute Gasteiger partial charge is 0.338 e. The monoisotopic (exact) mass is 370 g/mol. The first-order chi connectivity index (χ1) is 12.9. The quantitative estimate of drug-likeness (QED) is 0.874. The molecular weight excluding hydrogens is 344 g/mol. The molecule has 2 fully saturated rings. The van der Waals surface area contributed by atoms with Gasteiger partial charge in [-0.2, -0.15) is 10.2 Å². The lowest BCUT2D eigenvalue weighted by Crippen LogP contribution is -2.44. The van der Waals surface area contributed by atoms with Gasteiger partial charge in [-0.1, -0.05) is 0 Å². The summed E-state index contributed by atoms with van der Waals surface area (Å²) in [7, 11) is 3.59. The molecule has 2 aliphatic rings. The van der Waals surface area contributed by atoms with Gasteiger partial charge in [-0.25, -0.2) is 0 Å². The highest BCUT2D eigenvalue weighted by molar-refractivity contribution is 5.94. The van der Waals surface area contributed by atoms with Gasteiger partial charge in [0.25, 0.3) is 0 Å². The molecular formula is C19H26N6O2. The third kappa shape index (κ3) is 3.48. The number of likely N-dealkylation sites (tertiary alicyclic amines) is 1. The summed E-state index contributed by atoms with van der Waals surface area (Å²) in [6.45, 7) is 2.16. The normalized spacial score (nSPS) is 24.1. The molecule has 0 bridgehead atoms. The van der Waals surface area contributed by atoms with Gasteiger partial charge in [0.15, 0.2) is 0 Å². The van der Waals surface area contributed by atoms with E-state index in [2.05, 4.69) is 22.4 Å². The molecule has 0 radical (unpaired) electrons. The Balaban J connectivity index is 1.51. The highest BCUT2D eigenvalue weighted by Gasteiger charge is 2.39. The fourth-order valence-electron chi connectivity index (χ4n) is 4.02. The second-order valence-corrected chi connectivity index (χ2v) is 7.82. The number of anilines is 1. The fraction of sp³-hybridized carbons (Fsp3) is 0.579. The van der Waals surface area contributed by atoms with Gasteiger partial charge in [-0.15, -0.1) is 0 Å². The minimum atomic E-state index is -0.318. The maximum Gasteiger partial charge on any atom is 0.230 e. The van der Waals surface area contributed by atoms with Gasteiger partial charge in [-0.3, -0.25) is 19.0 Å². The van der Waals surface area contributed by atoms with Crippen molar-refractivity contribution < 1.29 is 9.59 Å². The minimum Gasteiger partial charge on any atom is -0.338 e. The molecule has 8 heteroatoms. The van der Waals surface area contributed by atoms with E-state index in [9.17, 15) is 9.59 Å². The molecule has 1 saturated carbocycles. The van der Waals surface area contributed by atoms with E-state index in [4.69, 9.17) is 0 Å². The molecule has 1 aliphatic carbocycles. The molecule has 3 unspecified atom stereocenters. The molecule has 3 atom stereocenters. The van der Waals surface area contributed by atoms with Crippen molar-refractivity contribution in [2.24, 2.45) is 18.9 Å². The van der Waals surface area contributed by atoms with Crippen LogP contribution in [-0.4, -0.2) is 43.3 Å². The fourth-order valence-corrected chi connectivity index (χ4v) is 4.02. The SMILES string of the molecule is CC(C1CC1)n1cc(NC(=O)C2CCC(=O)N(C)C2c2cnn(C)c2)cn1. The Bertz CT molecular complexity index is 852. The van der Waals surface area contributed by atoms with Gasteiger partial charge in [0, 0.05) is 38.5 Å². The molecule has 2 aromatic heterocycles. The molecule has 2 amide bonds. The number of rotatable bonds is 5. The second kappa shape index (κ2) is 6.83. The number of hydrogen-bond donors (Lipinski definition) is 1. The van der Waals surface area contributed by atoms with E-state index in [-0.39, 0.29) is 23.8 Å². The number of carbonyl (C=O) groups is 2. The van der Waals surface area contributed by atoms with Crippen LogP contribution in [0.15, 0.2) is 24.8 Å². The van der Waals surface area contributed by atoms with Crippen LogP contribution >= 0.6 is 0 Å². The number of piperidine rings is 1. The average Bonchev–Trinajstić information content (AvgIpc) is 3.25. The summed E-state index contributed by atoms with van der Waals surface area (Å²) in [4.78, 5) is 26.9. The predicted octanol–water partition coefficient (Wildman–Crippen LogP) is 2.14. The number of carbonyl (C=O) groups excluding carboxylic acids is 2. The number of aryl methyl sites for hydroxylation is 1. The van der Waals surface area contributed by atoms with E-state index in [1.54, 1.807) is 29.0 Å². The highest BCUT2D eigenvalue weighted by Crippen LogP contribution is 2.39. The van der Waals surface area contributed by atoms with Crippen molar-refractivity contribution in [1.29, 1.82) is 0 Å². The van der Waals surface area contributed by atoms with Crippen molar-refractivity contribution >= 4 is 17.5 Å². The smallest absolute Gasteiger partial charge is 0.230 e. The first-order valence-corrected chi connectivity index (χ1v) is 9.53. The van der Waals surface area contributed by atoms with Crippen LogP contribution in [-0.2, 0) is 16.6 Å². The molecule has 0 aromatic carbocycles. The van der Waals surface area contributed by atoms with Crippen molar-refractivity contribution in [1.82, 2.24) is 24.5 Å². The molecule has 1 N–H and O–H groups in total. The summed E-state index contributed by atoms with van der Waals surface area (Å²) < 4.78 is 3.63. The van der Waals surface area contributed by atoms with Gasteiger partial charge >= 0.3 is 0 Å². The molecule has 2 aromatic rings. The van der Waals surface area contributed by atoms with Crippen molar-refractivity contribution in [2.45, 2.75) is 44.7 Å². The molecule has 8 nitrogen and oxygen atoms in total. The maximum atomic E-state index is 13.0. The van der Waals surface area contributed by atoms with Crippen molar-refractivity contribution in [3.05, 3.63) is 30.4 Å². The van der Waals surface area contributed by atoms with E-state index in [0.717, 1.165) is 5.56 Å². The zero-order valence-corrected chi connectivity index (χ0v) is 16.0. The number of amides is 2. The number of nitrogens with one attached hydrogen (secondary N) is 1. The average molecular weight is 370 g/mol. The molecule has 0 spiro atoms. The van der Waals surface area contributed by atoms with Crippen LogP contribution in [0.25, 0.3) is 0 Å². The standard InChI is InChI=1S/C19H26N6O2/c1-12(13-4-5-13)25-11-15(9-21-25)22-19(27)16-6-7-17(26)24(3)18(16)14-8-20-23(2)10-14/h8-13,16,18H,4-7H2,1-3H3,(H,22,27). The van der Waals surface area contributed by atoms with Gasteiger partial charge in [0.1, 0.15) is 0 Å². The Kier molecular flexibility index (Phi) is 4.49. The Morgan fingerprint density at radius 3 is 2.63 bits per heavy atom. The van der Waals surface area contributed by atoms with Crippen LogP contribution in [0.5, 0.6) is 0 Å². The lowest BCUT2D eigenvalue weighted by molar-refractivity contribution is -0.140. The Morgan fingerprint density at radius 2 is 1.96 bits per heavy atom. The second-order valence-electron chi connectivity index (χ2n) is 7.82. The van der Waals surface area contributed by atoms with E-state index < -0.39 is 0 Å². The van der Waals surface area contributed by atoms with Gasteiger partial charge in [0.2, 0.25) is 11.8 Å². The Morgan fingerprint density at radius 1 is 1.19 bits per heavy atom. The summed E-state index contributed by atoms with van der Waals surface area (Å²) in [6, 6.07) is 0.0533. The van der Waals surface area contributed by atoms with E-state index in [1.807, 2.05) is 24.1 Å². The minimum absolute atomic E-state index is 0.0546. The Hall–Kier alpha value is -2.64. The first-order valence-electron chi connectivity index (χ1n) is 9.53. The highest BCUT2D eigenvalue weighted by atomic mass is 16.2. The van der Waals surface area contributed by atoms with Crippen molar-refractivity contribution in [3.63, 3.8) is 0 Å². The van der Waals surface area contributed by atoms with Crippen molar-refractivity contribution in [3.8, 4) is 0 Å². The number of aromatic nitrogens is 4. The van der Waals surface area contributed by atoms with Crippen LogP contribution in [0, 0.1) is 11.8 Å². The van der Waals surface area contributed by atoms with Crippen LogP contribution < -0.4 is 5.32 Å². The lowest BCUT2D eigenvalue weighted by Gasteiger charge is -2.37. The Labute approximate surface area is 158 Å². The summed E-state index contributed by atoms with van der Waals surface area (Å²) in [5.74, 6) is 0.350. The summed E-state index contributed by atoms with van der Waals surface area (Å²) in [6.07, 6.45) is 10.6. The van der Waals surface area contributed by atoms with E-state index >= 15 is 0 Å². The molecule has 1 saturated heterocycles. The zero-order chi connectivity index (χ0) is 19.1. The maximum absolute atomic E-state index is 13.0. The van der Waals surface area contributed by atoms with Crippen LogP contribution in [0.4, 0.5) is 5.69 Å². The molecule has 4 rings (SSSR count). The van der Waals surface area contributed by atoms with Crippen molar-refractivity contribution in [2.75, 3.05) is 12.4 Å².